The van der Waals surface area contributed by atoms with Crippen molar-refractivity contribution in [1.29, 1.82) is 0 Å². The quantitative estimate of drug-likeness (QED) is 0.767. The van der Waals surface area contributed by atoms with Gasteiger partial charge in [0.2, 0.25) is 10.0 Å². The molecule has 0 atom stereocenters. The molecule has 1 fully saturated rings. The van der Waals surface area contributed by atoms with E-state index in [0.717, 1.165) is 18.4 Å². The van der Waals surface area contributed by atoms with E-state index in [2.05, 4.69) is 4.89 Å². The number of benzene rings is 1. The molecule has 0 saturated heterocycles. The zero-order valence-corrected chi connectivity index (χ0v) is 9.74. The van der Waals surface area contributed by atoms with E-state index in [4.69, 9.17) is 4.84 Å². The maximum absolute atomic E-state index is 11.4. The van der Waals surface area contributed by atoms with Crippen molar-refractivity contribution in [3.8, 4) is 0 Å². The summed E-state index contributed by atoms with van der Waals surface area (Å²) >= 11 is 0. The molecule has 5 heteroatoms. The first-order valence-electron chi connectivity index (χ1n) is 5.31. The highest BCUT2D eigenvalue weighted by Gasteiger charge is 2.27. The van der Waals surface area contributed by atoms with Crippen molar-refractivity contribution < 1.29 is 13.3 Å². The smallest absolute Gasteiger partial charge is 0.233 e. The highest BCUT2D eigenvalue weighted by atomic mass is 32.2. The average molecular weight is 241 g/mol. The minimum Gasteiger partial charge on any atom is -0.282 e. The first-order valence-corrected chi connectivity index (χ1v) is 6.96. The Morgan fingerprint density at radius 3 is 2.56 bits per heavy atom. The van der Waals surface area contributed by atoms with Gasteiger partial charge in [-0.15, -0.1) is 0 Å². The Morgan fingerprint density at radius 1 is 1.25 bits per heavy atom. The summed E-state index contributed by atoms with van der Waals surface area (Å²) in [6.45, 7) is 0.255. The van der Waals surface area contributed by atoms with Gasteiger partial charge in [-0.3, -0.25) is 4.84 Å². The minimum atomic E-state index is -3.26. The summed E-state index contributed by atoms with van der Waals surface area (Å²) in [6, 6.07) is 9.44. The summed E-state index contributed by atoms with van der Waals surface area (Å²) in [5.41, 5.74) is 0.941. The fraction of sp³-hybridized carbons (Fsp3) is 0.455. The Balaban J connectivity index is 1.75. The van der Waals surface area contributed by atoms with Crippen LogP contribution in [0, 0.1) is 5.92 Å². The summed E-state index contributed by atoms with van der Waals surface area (Å²) in [5.74, 6) is 0.514. The maximum atomic E-state index is 11.4. The van der Waals surface area contributed by atoms with Gasteiger partial charge in [0.25, 0.3) is 0 Å². The molecule has 0 spiro atoms. The molecule has 1 aromatic rings. The van der Waals surface area contributed by atoms with Crippen molar-refractivity contribution in [3.05, 3.63) is 35.9 Å². The number of hydrogen-bond donors (Lipinski definition) is 1. The fourth-order valence-corrected chi connectivity index (χ4v) is 2.67. The van der Waals surface area contributed by atoms with Gasteiger partial charge in [0, 0.05) is 0 Å². The molecule has 1 aliphatic carbocycles. The number of hydrogen-bond acceptors (Lipinski definition) is 3. The standard InChI is InChI=1S/C11H15NO3S/c13-16(14,9-11-6-7-11)12-15-8-10-4-2-1-3-5-10/h1-5,11-12H,6-9H2. The van der Waals surface area contributed by atoms with E-state index in [1.54, 1.807) is 0 Å². The van der Waals surface area contributed by atoms with Crippen LogP contribution in [0.2, 0.25) is 0 Å². The van der Waals surface area contributed by atoms with Gasteiger partial charge < -0.3 is 0 Å². The molecule has 1 N–H and O–H groups in total. The van der Waals surface area contributed by atoms with Crippen LogP contribution in [-0.4, -0.2) is 14.2 Å². The molecule has 1 aromatic carbocycles. The lowest BCUT2D eigenvalue weighted by Gasteiger charge is -2.06. The van der Waals surface area contributed by atoms with Gasteiger partial charge in [-0.2, -0.15) is 0 Å². The largest absolute Gasteiger partial charge is 0.282 e. The van der Waals surface area contributed by atoms with E-state index in [1.807, 2.05) is 30.3 Å². The van der Waals surface area contributed by atoms with Crippen LogP contribution >= 0.6 is 0 Å². The van der Waals surface area contributed by atoms with Crippen LogP contribution in [0.1, 0.15) is 18.4 Å². The van der Waals surface area contributed by atoms with Crippen molar-refractivity contribution >= 4 is 10.0 Å². The van der Waals surface area contributed by atoms with E-state index >= 15 is 0 Å². The lowest BCUT2D eigenvalue weighted by Crippen LogP contribution is -2.27. The number of sulfonamides is 1. The molecule has 2 rings (SSSR count). The summed E-state index contributed by atoms with van der Waals surface area (Å²) in [6.07, 6.45) is 2.03. The number of nitrogens with one attached hydrogen (secondary N) is 1. The third-order valence-electron chi connectivity index (χ3n) is 2.42. The molecular formula is C11H15NO3S. The van der Waals surface area contributed by atoms with E-state index in [1.165, 1.54) is 0 Å². The van der Waals surface area contributed by atoms with Crippen molar-refractivity contribution in [2.45, 2.75) is 19.4 Å². The van der Waals surface area contributed by atoms with Crippen LogP contribution in [0.5, 0.6) is 0 Å². The zero-order valence-electron chi connectivity index (χ0n) is 8.93. The van der Waals surface area contributed by atoms with E-state index < -0.39 is 10.0 Å². The molecule has 0 unspecified atom stereocenters. The predicted molar refractivity (Wildman–Crippen MR) is 60.9 cm³/mol. The van der Waals surface area contributed by atoms with E-state index in [9.17, 15) is 8.42 Å². The molecule has 0 heterocycles. The van der Waals surface area contributed by atoms with E-state index in [0.29, 0.717) is 5.92 Å². The monoisotopic (exact) mass is 241 g/mol. The van der Waals surface area contributed by atoms with Crippen LogP contribution in [0.15, 0.2) is 30.3 Å². The average Bonchev–Trinajstić information content (AvgIpc) is 3.02. The van der Waals surface area contributed by atoms with Crippen LogP contribution in [-0.2, 0) is 21.5 Å². The molecule has 1 aliphatic rings. The molecule has 0 aromatic heterocycles. The van der Waals surface area contributed by atoms with Crippen molar-refractivity contribution in [3.63, 3.8) is 0 Å². The third-order valence-corrected chi connectivity index (χ3v) is 3.70. The zero-order chi connectivity index (χ0) is 11.4. The lowest BCUT2D eigenvalue weighted by molar-refractivity contribution is 0.0795. The maximum Gasteiger partial charge on any atom is 0.233 e. The Kier molecular flexibility index (Phi) is 3.58. The molecule has 1 saturated carbocycles. The molecule has 16 heavy (non-hydrogen) atoms. The molecule has 0 amide bonds. The van der Waals surface area contributed by atoms with Gasteiger partial charge in [0.1, 0.15) is 0 Å². The normalized spacial score (nSPS) is 16.2. The predicted octanol–water partition coefficient (Wildman–Crippen LogP) is 1.45. The summed E-state index contributed by atoms with van der Waals surface area (Å²) in [7, 11) is -3.26. The summed E-state index contributed by atoms with van der Waals surface area (Å²) in [5, 5.41) is 0. The van der Waals surface area contributed by atoms with E-state index in [-0.39, 0.29) is 12.4 Å². The van der Waals surface area contributed by atoms with Crippen molar-refractivity contribution in [2.75, 3.05) is 5.75 Å². The summed E-state index contributed by atoms with van der Waals surface area (Å²) < 4.78 is 22.9. The van der Waals surface area contributed by atoms with Crippen LogP contribution in [0.3, 0.4) is 0 Å². The van der Waals surface area contributed by atoms with Crippen molar-refractivity contribution in [1.82, 2.24) is 4.89 Å². The van der Waals surface area contributed by atoms with Crippen LogP contribution in [0.4, 0.5) is 0 Å². The topological polar surface area (TPSA) is 55.4 Å². The van der Waals surface area contributed by atoms with Gasteiger partial charge in [0.05, 0.1) is 12.4 Å². The molecule has 88 valence electrons. The van der Waals surface area contributed by atoms with Crippen LogP contribution < -0.4 is 4.89 Å². The fourth-order valence-electron chi connectivity index (χ4n) is 1.41. The molecule has 0 radical (unpaired) electrons. The summed E-state index contributed by atoms with van der Waals surface area (Å²) in [4.78, 5) is 7.13. The minimum absolute atomic E-state index is 0.182. The second-order valence-electron chi connectivity index (χ2n) is 4.08. The third kappa shape index (κ3) is 3.92. The molecule has 0 aliphatic heterocycles. The Labute approximate surface area is 95.6 Å². The van der Waals surface area contributed by atoms with Gasteiger partial charge in [-0.25, -0.2) is 8.42 Å². The first-order chi connectivity index (χ1) is 7.66. The van der Waals surface area contributed by atoms with Gasteiger partial charge in [-0.1, -0.05) is 35.2 Å². The highest BCUT2D eigenvalue weighted by molar-refractivity contribution is 7.89. The molecular weight excluding hydrogens is 226 g/mol. The van der Waals surface area contributed by atoms with Crippen molar-refractivity contribution in [2.24, 2.45) is 5.92 Å². The number of rotatable bonds is 6. The molecule has 0 bridgehead atoms. The van der Waals surface area contributed by atoms with Gasteiger partial charge >= 0.3 is 0 Å². The second-order valence-corrected chi connectivity index (χ2v) is 5.81. The molecule has 4 nitrogen and oxygen atoms in total. The second kappa shape index (κ2) is 4.95. The lowest BCUT2D eigenvalue weighted by atomic mass is 10.2. The highest BCUT2D eigenvalue weighted by Crippen LogP contribution is 2.29. The first kappa shape index (κ1) is 11.6. The Bertz CT molecular complexity index is 426. The van der Waals surface area contributed by atoms with Crippen LogP contribution in [0.25, 0.3) is 0 Å². The SMILES string of the molecule is O=S(=O)(CC1CC1)NOCc1ccccc1. The Morgan fingerprint density at radius 2 is 1.94 bits per heavy atom. The van der Waals surface area contributed by atoms with Gasteiger partial charge in [0.15, 0.2) is 0 Å². The van der Waals surface area contributed by atoms with Gasteiger partial charge in [-0.05, 0) is 24.3 Å². The Hall–Kier alpha value is -0.910.